The van der Waals surface area contributed by atoms with E-state index in [4.69, 9.17) is 28.8 Å². The molecule has 8 nitrogen and oxygen atoms in total. The summed E-state index contributed by atoms with van der Waals surface area (Å²) in [6, 6.07) is 8.48. The molecule has 1 aromatic carbocycles. The molecular weight excluding hydrogens is 386 g/mol. The fourth-order valence-electron chi connectivity index (χ4n) is 2.42. The molecule has 0 atom stereocenters. The number of hydrogen-bond acceptors (Lipinski definition) is 7. The molecule has 6 N–H and O–H groups in total. The number of nitrogens with one attached hydrogen (secondary N) is 1. The van der Waals surface area contributed by atoms with Gasteiger partial charge in [-0.25, -0.2) is 18.4 Å². The number of aliphatic hydroxyl groups is 1. The zero-order chi connectivity index (χ0) is 20.2. The average molecular weight is 410 g/mol. The minimum Gasteiger partial charge on any atom is -0.396 e. The Morgan fingerprint density at radius 3 is 2.44 bits per heavy atom. The number of aliphatic hydroxyl groups excluding tert-OH is 1. The lowest BCUT2D eigenvalue weighted by Crippen LogP contribution is -2.33. The molecule has 0 aliphatic heterocycles. The van der Waals surface area contributed by atoms with Gasteiger partial charge in [0.05, 0.1) is 11.4 Å². The van der Waals surface area contributed by atoms with Gasteiger partial charge in [0.1, 0.15) is 10.6 Å². The molecule has 0 bridgehead atoms. The first-order chi connectivity index (χ1) is 12.6. The Kier molecular flexibility index (Phi) is 6.34. The van der Waals surface area contributed by atoms with Gasteiger partial charge in [-0.1, -0.05) is 0 Å². The Hall–Kier alpha value is -2.30. The van der Waals surface area contributed by atoms with Crippen molar-refractivity contribution in [3.05, 3.63) is 36.0 Å². The topological polar surface area (TPSA) is 144 Å². The van der Waals surface area contributed by atoms with Crippen LogP contribution in [0, 0.1) is 0 Å². The first-order valence-corrected chi connectivity index (χ1v) is 10.3. The van der Waals surface area contributed by atoms with Gasteiger partial charge in [-0.3, -0.25) is 0 Å². The van der Waals surface area contributed by atoms with Crippen LogP contribution in [0.2, 0.25) is 0 Å². The van der Waals surface area contributed by atoms with Crippen molar-refractivity contribution in [2.24, 2.45) is 5.73 Å². The van der Waals surface area contributed by atoms with Crippen molar-refractivity contribution < 1.29 is 13.5 Å². The molecule has 1 heterocycles. The predicted molar refractivity (Wildman–Crippen MR) is 111 cm³/mol. The molecule has 10 heteroatoms. The van der Waals surface area contributed by atoms with Crippen molar-refractivity contribution in [1.29, 1.82) is 0 Å². The van der Waals surface area contributed by atoms with Crippen molar-refractivity contribution >= 4 is 38.7 Å². The van der Waals surface area contributed by atoms with Crippen LogP contribution in [0.4, 0.5) is 11.5 Å². The third kappa shape index (κ3) is 4.90. The Morgan fingerprint density at radius 2 is 1.89 bits per heavy atom. The predicted octanol–water partition coefficient (Wildman–Crippen LogP) is 1.41. The van der Waals surface area contributed by atoms with Crippen molar-refractivity contribution in [3.8, 4) is 11.4 Å². The lowest BCUT2D eigenvalue weighted by Gasteiger charge is -2.25. The van der Waals surface area contributed by atoms with Crippen molar-refractivity contribution in [2.75, 3.05) is 23.4 Å². The average Bonchev–Trinajstić information content (AvgIpc) is 2.59. The number of nitrogen functional groups attached to an aromatic ring is 1. The molecule has 0 radical (unpaired) electrons. The van der Waals surface area contributed by atoms with Gasteiger partial charge in [-0.15, -0.1) is 0 Å². The minimum absolute atomic E-state index is 0.144. The third-order valence-electron chi connectivity index (χ3n) is 4.12. The number of thiocarbonyl (C=S) groups is 1. The van der Waals surface area contributed by atoms with Crippen LogP contribution in [0.15, 0.2) is 30.3 Å². The number of anilines is 2. The lowest BCUT2D eigenvalue weighted by atomic mass is 10.1. The third-order valence-corrected chi connectivity index (χ3v) is 6.81. The molecule has 0 saturated heterocycles. The molecule has 0 saturated carbocycles. The lowest BCUT2D eigenvalue weighted by molar-refractivity contribution is 0.295. The Morgan fingerprint density at radius 1 is 1.26 bits per heavy atom. The monoisotopic (exact) mass is 409 g/mol. The Bertz CT molecular complexity index is 928. The second-order valence-electron chi connectivity index (χ2n) is 6.47. The van der Waals surface area contributed by atoms with E-state index in [0.29, 0.717) is 22.8 Å². The fourth-order valence-corrected chi connectivity index (χ4v) is 3.98. The molecule has 0 fully saturated rings. The number of nitrogens with two attached hydrogens (primary N) is 2. The number of nitrogens with zero attached hydrogens (tertiary/aromatic N) is 2. The number of rotatable bonds is 7. The molecular formula is C17H23N5O3S2. The van der Waals surface area contributed by atoms with E-state index in [1.807, 2.05) is 0 Å². The van der Waals surface area contributed by atoms with E-state index < -0.39 is 14.6 Å². The normalized spacial score (nSPS) is 12.0. The highest BCUT2D eigenvalue weighted by Gasteiger charge is 2.37. The van der Waals surface area contributed by atoms with E-state index in [-0.39, 0.29) is 29.7 Å². The Balaban J connectivity index is 2.42. The first kappa shape index (κ1) is 21.0. The molecule has 0 aliphatic rings. The quantitative estimate of drug-likeness (QED) is 0.499. The maximum atomic E-state index is 12.7. The minimum atomic E-state index is -3.55. The van der Waals surface area contributed by atoms with Crippen LogP contribution in [0.1, 0.15) is 26.0 Å². The van der Waals surface area contributed by atoms with Crippen LogP contribution in [0.3, 0.4) is 0 Å². The second-order valence-corrected chi connectivity index (χ2v) is 9.57. The number of hydrogen-bond donors (Lipinski definition) is 4. The van der Waals surface area contributed by atoms with Crippen molar-refractivity contribution in [3.63, 3.8) is 0 Å². The van der Waals surface area contributed by atoms with Crippen LogP contribution in [-0.2, 0) is 14.6 Å². The van der Waals surface area contributed by atoms with E-state index in [0.717, 1.165) is 0 Å². The largest absolute Gasteiger partial charge is 0.396 e. The van der Waals surface area contributed by atoms with Gasteiger partial charge in [0, 0.05) is 23.9 Å². The molecule has 2 rings (SSSR count). The SMILES string of the molecule is CC(C)(c1cc(N)nc(-c2ccc(NC(N)=S)cc2)n1)S(=O)(=O)CCCO. The molecule has 0 unspecified atom stereocenters. The van der Waals surface area contributed by atoms with Crippen LogP contribution in [-0.4, -0.2) is 41.0 Å². The van der Waals surface area contributed by atoms with E-state index in [1.165, 1.54) is 6.07 Å². The summed E-state index contributed by atoms with van der Waals surface area (Å²) < 4.78 is 24.1. The zero-order valence-electron chi connectivity index (χ0n) is 15.1. The van der Waals surface area contributed by atoms with Gasteiger partial charge >= 0.3 is 0 Å². The second kappa shape index (κ2) is 8.15. The Labute approximate surface area is 163 Å². The summed E-state index contributed by atoms with van der Waals surface area (Å²) in [6.07, 6.45) is 0.163. The summed E-state index contributed by atoms with van der Waals surface area (Å²) >= 11 is 4.80. The molecule has 0 amide bonds. The highest BCUT2D eigenvalue weighted by Crippen LogP contribution is 2.31. The zero-order valence-corrected chi connectivity index (χ0v) is 16.8. The van der Waals surface area contributed by atoms with Gasteiger partial charge in [-0.2, -0.15) is 0 Å². The first-order valence-electron chi connectivity index (χ1n) is 8.22. The summed E-state index contributed by atoms with van der Waals surface area (Å²) in [5, 5.41) is 11.9. The van der Waals surface area contributed by atoms with Gasteiger partial charge in [0.2, 0.25) is 0 Å². The highest BCUT2D eigenvalue weighted by molar-refractivity contribution is 7.92. The van der Waals surface area contributed by atoms with Crippen LogP contribution < -0.4 is 16.8 Å². The van der Waals surface area contributed by atoms with Gasteiger partial charge in [0.25, 0.3) is 0 Å². The highest BCUT2D eigenvalue weighted by atomic mass is 32.2. The van der Waals surface area contributed by atoms with Gasteiger partial charge in [0.15, 0.2) is 20.8 Å². The summed E-state index contributed by atoms with van der Waals surface area (Å²) in [4.78, 5) is 8.65. The van der Waals surface area contributed by atoms with E-state index in [9.17, 15) is 8.42 Å². The molecule has 146 valence electrons. The summed E-state index contributed by atoms with van der Waals surface area (Å²) in [5.74, 6) is 0.345. The molecule has 27 heavy (non-hydrogen) atoms. The van der Waals surface area contributed by atoms with Gasteiger partial charge < -0.3 is 21.9 Å². The van der Waals surface area contributed by atoms with Crippen LogP contribution >= 0.6 is 12.2 Å². The summed E-state index contributed by atoms with van der Waals surface area (Å²) in [7, 11) is -3.55. The van der Waals surface area contributed by atoms with E-state index in [1.54, 1.807) is 38.1 Å². The maximum absolute atomic E-state index is 12.7. The van der Waals surface area contributed by atoms with E-state index >= 15 is 0 Å². The number of benzene rings is 1. The van der Waals surface area contributed by atoms with Crippen molar-refractivity contribution in [1.82, 2.24) is 9.97 Å². The number of aromatic nitrogens is 2. The molecule has 1 aromatic heterocycles. The van der Waals surface area contributed by atoms with Crippen LogP contribution in [0.25, 0.3) is 11.4 Å². The standard InChI is InChI=1S/C17H23N5O3S2/c1-17(2,27(24,25)9-3-8-23)13-10-14(18)22-15(21-13)11-4-6-12(7-5-11)20-16(19)26/h4-7,10,23H,3,8-9H2,1-2H3,(H2,18,21,22)(H3,19,20,26). The fraction of sp³-hybridized carbons (Fsp3) is 0.353. The van der Waals surface area contributed by atoms with E-state index in [2.05, 4.69) is 15.3 Å². The smallest absolute Gasteiger partial charge is 0.168 e. The number of sulfone groups is 1. The summed E-state index contributed by atoms with van der Waals surface area (Å²) in [5.41, 5.74) is 13.0. The molecule has 2 aromatic rings. The molecule has 0 aliphatic carbocycles. The van der Waals surface area contributed by atoms with Crippen LogP contribution in [0.5, 0.6) is 0 Å². The summed E-state index contributed by atoms with van der Waals surface area (Å²) in [6.45, 7) is 2.94. The molecule has 0 spiro atoms. The van der Waals surface area contributed by atoms with Crippen molar-refractivity contribution in [2.45, 2.75) is 25.0 Å². The van der Waals surface area contributed by atoms with Gasteiger partial charge in [-0.05, 0) is 56.8 Å². The maximum Gasteiger partial charge on any atom is 0.168 e.